The number of nitrogens with one attached hydrogen (secondary N) is 1. The van der Waals surface area contributed by atoms with Crippen LogP contribution < -0.4 is 5.56 Å². The van der Waals surface area contributed by atoms with Crippen LogP contribution >= 0.6 is 11.6 Å². The lowest BCUT2D eigenvalue weighted by atomic mass is 10.1. The van der Waals surface area contributed by atoms with Gasteiger partial charge in [0, 0.05) is 28.4 Å². The predicted octanol–water partition coefficient (Wildman–Crippen LogP) is 3.30. The van der Waals surface area contributed by atoms with Crippen molar-refractivity contribution >= 4 is 17.2 Å². The van der Waals surface area contributed by atoms with Crippen molar-refractivity contribution in [1.82, 2.24) is 14.6 Å². The number of hydrogen-bond donors (Lipinski definition) is 1. The Morgan fingerprint density at radius 3 is 2.90 bits per heavy atom. The molecule has 0 amide bonds. The van der Waals surface area contributed by atoms with Gasteiger partial charge in [0.25, 0.3) is 5.56 Å². The van der Waals surface area contributed by atoms with Gasteiger partial charge in [0.1, 0.15) is 0 Å². The summed E-state index contributed by atoms with van der Waals surface area (Å²) in [6.45, 7) is 2.07. The topological polar surface area (TPSA) is 50.2 Å². The summed E-state index contributed by atoms with van der Waals surface area (Å²) in [7, 11) is 0. The van der Waals surface area contributed by atoms with E-state index in [1.807, 2.05) is 30.3 Å². The van der Waals surface area contributed by atoms with Crippen LogP contribution in [-0.2, 0) is 6.42 Å². The molecule has 3 rings (SSSR count). The summed E-state index contributed by atoms with van der Waals surface area (Å²) in [6.07, 6.45) is 1.78. The molecule has 0 aliphatic carbocycles. The second-order valence-corrected chi connectivity index (χ2v) is 5.15. The number of aryl methyl sites for hydroxylation is 1. The van der Waals surface area contributed by atoms with Crippen molar-refractivity contribution in [3.63, 3.8) is 0 Å². The molecular weight excluding hydrogens is 274 g/mol. The minimum Gasteiger partial charge on any atom is -0.289 e. The fraction of sp³-hybridized carbons (Fsp3) is 0.200. The molecule has 0 saturated heterocycles. The van der Waals surface area contributed by atoms with Crippen LogP contribution in [0, 0.1) is 0 Å². The third kappa shape index (κ3) is 2.34. The number of rotatable bonds is 3. The second kappa shape index (κ2) is 5.13. The van der Waals surface area contributed by atoms with Crippen molar-refractivity contribution in [1.29, 1.82) is 0 Å². The van der Waals surface area contributed by atoms with E-state index in [1.165, 1.54) is 4.52 Å². The molecule has 0 spiro atoms. The first-order valence-corrected chi connectivity index (χ1v) is 6.93. The molecule has 20 heavy (non-hydrogen) atoms. The van der Waals surface area contributed by atoms with E-state index in [0.29, 0.717) is 10.7 Å². The van der Waals surface area contributed by atoms with Gasteiger partial charge < -0.3 is 0 Å². The van der Waals surface area contributed by atoms with Gasteiger partial charge in [-0.15, -0.1) is 0 Å². The Kier molecular flexibility index (Phi) is 3.32. The number of H-pyrrole nitrogens is 1. The van der Waals surface area contributed by atoms with Crippen LogP contribution in [0.15, 0.2) is 41.2 Å². The molecule has 1 N–H and O–H groups in total. The molecule has 102 valence electrons. The lowest BCUT2D eigenvalue weighted by Gasteiger charge is -1.98. The minimum absolute atomic E-state index is 0.0910. The van der Waals surface area contributed by atoms with Gasteiger partial charge in [0.15, 0.2) is 5.65 Å². The maximum absolute atomic E-state index is 12.1. The highest BCUT2D eigenvalue weighted by Gasteiger charge is 2.07. The van der Waals surface area contributed by atoms with E-state index in [-0.39, 0.29) is 5.56 Å². The van der Waals surface area contributed by atoms with Gasteiger partial charge in [0.05, 0.1) is 5.69 Å². The molecule has 0 radical (unpaired) electrons. The third-order valence-corrected chi connectivity index (χ3v) is 3.38. The quantitative estimate of drug-likeness (QED) is 0.803. The van der Waals surface area contributed by atoms with E-state index in [1.54, 1.807) is 6.07 Å². The number of fused-ring (bicyclic) bond motifs is 1. The first kappa shape index (κ1) is 12.9. The Balaban J connectivity index is 2.15. The SMILES string of the molecule is CCCc1cc(=O)n2[nH]c(-c3cccc(Cl)c3)cc2n1. The van der Waals surface area contributed by atoms with Gasteiger partial charge in [0.2, 0.25) is 0 Å². The summed E-state index contributed by atoms with van der Waals surface area (Å²) in [5.41, 5.74) is 3.13. The minimum atomic E-state index is -0.0910. The van der Waals surface area contributed by atoms with Gasteiger partial charge in [-0.2, -0.15) is 0 Å². The van der Waals surface area contributed by atoms with Crippen LogP contribution in [0.5, 0.6) is 0 Å². The van der Waals surface area contributed by atoms with Crippen molar-refractivity contribution < 1.29 is 0 Å². The van der Waals surface area contributed by atoms with Crippen molar-refractivity contribution in [3.8, 4) is 11.3 Å². The highest BCUT2D eigenvalue weighted by Crippen LogP contribution is 2.21. The highest BCUT2D eigenvalue weighted by molar-refractivity contribution is 6.30. The summed E-state index contributed by atoms with van der Waals surface area (Å²) >= 11 is 5.99. The Hall–Kier alpha value is -2.07. The van der Waals surface area contributed by atoms with Gasteiger partial charge in [-0.25, -0.2) is 9.50 Å². The zero-order valence-corrected chi connectivity index (χ0v) is 11.8. The van der Waals surface area contributed by atoms with Crippen molar-refractivity contribution in [2.24, 2.45) is 0 Å². The van der Waals surface area contributed by atoms with Gasteiger partial charge in [-0.3, -0.25) is 9.89 Å². The molecule has 0 aliphatic rings. The Morgan fingerprint density at radius 1 is 1.30 bits per heavy atom. The first-order valence-electron chi connectivity index (χ1n) is 6.55. The van der Waals surface area contributed by atoms with E-state index < -0.39 is 0 Å². The Bertz CT molecular complexity index is 819. The van der Waals surface area contributed by atoms with Crippen LogP contribution in [0.1, 0.15) is 19.0 Å². The summed E-state index contributed by atoms with van der Waals surface area (Å²) in [4.78, 5) is 16.5. The third-order valence-electron chi connectivity index (χ3n) is 3.15. The molecule has 4 nitrogen and oxygen atoms in total. The van der Waals surface area contributed by atoms with E-state index in [9.17, 15) is 4.79 Å². The van der Waals surface area contributed by atoms with E-state index in [4.69, 9.17) is 11.6 Å². The molecule has 2 aromatic heterocycles. The normalized spacial score (nSPS) is 11.1. The van der Waals surface area contributed by atoms with Crippen molar-refractivity contribution in [3.05, 3.63) is 57.5 Å². The average molecular weight is 288 g/mol. The van der Waals surface area contributed by atoms with E-state index in [2.05, 4.69) is 17.0 Å². The summed E-state index contributed by atoms with van der Waals surface area (Å²) in [5.74, 6) is 0. The second-order valence-electron chi connectivity index (χ2n) is 4.71. The number of halogens is 1. The molecule has 0 unspecified atom stereocenters. The molecule has 2 heterocycles. The fourth-order valence-electron chi connectivity index (χ4n) is 2.23. The number of benzene rings is 1. The highest BCUT2D eigenvalue weighted by atomic mass is 35.5. The zero-order valence-electron chi connectivity index (χ0n) is 11.1. The number of aromatic nitrogens is 3. The maximum Gasteiger partial charge on any atom is 0.272 e. The fourth-order valence-corrected chi connectivity index (χ4v) is 2.42. The molecule has 1 aromatic carbocycles. The maximum atomic E-state index is 12.1. The molecule has 0 aliphatic heterocycles. The standard InChI is InChI=1S/C15H14ClN3O/c1-2-4-12-8-15(20)19-14(17-12)9-13(18-19)10-5-3-6-11(16)7-10/h3,5-9,18H,2,4H2,1H3. The molecule has 0 bridgehead atoms. The van der Waals surface area contributed by atoms with Gasteiger partial charge in [-0.05, 0) is 18.6 Å². The number of aromatic amines is 1. The predicted molar refractivity (Wildman–Crippen MR) is 80.3 cm³/mol. The van der Waals surface area contributed by atoms with Crippen LogP contribution in [0.4, 0.5) is 0 Å². The molecule has 0 fully saturated rings. The van der Waals surface area contributed by atoms with Gasteiger partial charge >= 0.3 is 0 Å². The first-order chi connectivity index (χ1) is 9.67. The molecular formula is C15H14ClN3O. The van der Waals surface area contributed by atoms with Crippen molar-refractivity contribution in [2.75, 3.05) is 0 Å². The molecule has 3 aromatic rings. The summed E-state index contributed by atoms with van der Waals surface area (Å²) < 4.78 is 1.45. The lowest BCUT2D eigenvalue weighted by molar-refractivity contribution is 0.841. The molecule has 0 saturated carbocycles. The largest absolute Gasteiger partial charge is 0.289 e. The number of hydrogen-bond acceptors (Lipinski definition) is 2. The van der Waals surface area contributed by atoms with Crippen LogP contribution in [0.2, 0.25) is 5.02 Å². The van der Waals surface area contributed by atoms with Gasteiger partial charge in [-0.1, -0.05) is 37.1 Å². The average Bonchev–Trinajstić information content (AvgIpc) is 2.84. The lowest BCUT2D eigenvalue weighted by Crippen LogP contribution is -2.15. The zero-order chi connectivity index (χ0) is 14.1. The van der Waals surface area contributed by atoms with E-state index >= 15 is 0 Å². The number of nitrogens with zero attached hydrogens (tertiary/aromatic N) is 2. The summed E-state index contributed by atoms with van der Waals surface area (Å²) in [6, 6.07) is 10.9. The Morgan fingerprint density at radius 2 is 2.15 bits per heavy atom. The molecule has 5 heteroatoms. The van der Waals surface area contributed by atoms with Crippen LogP contribution in [-0.4, -0.2) is 14.6 Å². The molecule has 0 atom stereocenters. The smallest absolute Gasteiger partial charge is 0.272 e. The summed E-state index contributed by atoms with van der Waals surface area (Å²) in [5, 5.41) is 3.72. The van der Waals surface area contributed by atoms with Crippen LogP contribution in [0.25, 0.3) is 16.9 Å². The van der Waals surface area contributed by atoms with Crippen LogP contribution in [0.3, 0.4) is 0 Å². The monoisotopic (exact) mass is 287 g/mol. The Labute approximate surface area is 121 Å². The van der Waals surface area contributed by atoms with Crippen molar-refractivity contribution in [2.45, 2.75) is 19.8 Å². The van der Waals surface area contributed by atoms with E-state index in [0.717, 1.165) is 29.8 Å².